The molecule has 4 aromatic rings. The Morgan fingerprint density at radius 1 is 1.17 bits per heavy atom. The minimum absolute atomic E-state index is 0.237. The maximum absolute atomic E-state index is 5.43. The molecule has 120 valence electrons. The molecular formula is C16H13N5O3. The van der Waals surface area contributed by atoms with Crippen LogP contribution >= 0.6 is 0 Å². The van der Waals surface area contributed by atoms with Crippen LogP contribution in [0.15, 0.2) is 36.4 Å². The lowest BCUT2D eigenvalue weighted by molar-refractivity contribution is 0.174. The zero-order valence-corrected chi connectivity index (χ0v) is 12.7. The van der Waals surface area contributed by atoms with Crippen molar-refractivity contribution in [3.63, 3.8) is 0 Å². The number of nitrogens with zero attached hydrogens (tertiary/aromatic N) is 3. The van der Waals surface area contributed by atoms with Gasteiger partial charge in [-0.15, -0.1) is 0 Å². The standard InChI is InChI=1S/C16H13N5O3/c1-22-10-4-2-3-9(5-10)17-15-19-16-18-11-6-13-14(24-8-23-13)7-12(11)21(16)20-15/h2-7H,8H2,1H3,(H2,17,18,19,20). The Balaban J connectivity index is 1.56. The fourth-order valence-electron chi connectivity index (χ4n) is 2.76. The fraction of sp³-hybridized carbons (Fsp3) is 0.125. The number of imidazole rings is 1. The van der Waals surface area contributed by atoms with Crippen molar-refractivity contribution in [3.8, 4) is 17.2 Å². The van der Waals surface area contributed by atoms with E-state index in [4.69, 9.17) is 14.2 Å². The smallest absolute Gasteiger partial charge is 0.253 e. The van der Waals surface area contributed by atoms with E-state index in [1.165, 1.54) is 0 Å². The molecule has 0 saturated carbocycles. The molecule has 0 saturated heterocycles. The summed E-state index contributed by atoms with van der Waals surface area (Å²) in [5.41, 5.74) is 2.54. The highest BCUT2D eigenvalue weighted by Gasteiger charge is 2.18. The molecule has 3 heterocycles. The number of fused-ring (bicyclic) bond motifs is 4. The molecule has 0 bridgehead atoms. The molecule has 0 amide bonds. The highest BCUT2D eigenvalue weighted by molar-refractivity contribution is 5.83. The molecule has 0 atom stereocenters. The molecule has 24 heavy (non-hydrogen) atoms. The maximum Gasteiger partial charge on any atom is 0.253 e. The van der Waals surface area contributed by atoms with Crippen LogP contribution in [0.4, 0.5) is 11.6 Å². The second kappa shape index (κ2) is 4.79. The minimum atomic E-state index is 0.237. The summed E-state index contributed by atoms with van der Waals surface area (Å²) in [7, 11) is 1.64. The van der Waals surface area contributed by atoms with E-state index >= 15 is 0 Å². The second-order valence-corrected chi connectivity index (χ2v) is 5.37. The molecule has 0 unspecified atom stereocenters. The number of hydrogen-bond acceptors (Lipinski definition) is 6. The third kappa shape index (κ3) is 1.93. The monoisotopic (exact) mass is 323 g/mol. The quantitative estimate of drug-likeness (QED) is 0.603. The van der Waals surface area contributed by atoms with E-state index in [1.807, 2.05) is 36.4 Å². The first-order valence-corrected chi connectivity index (χ1v) is 7.39. The Labute approximate surface area is 136 Å². The summed E-state index contributed by atoms with van der Waals surface area (Å²) in [6.07, 6.45) is 0. The summed E-state index contributed by atoms with van der Waals surface area (Å²) >= 11 is 0. The van der Waals surface area contributed by atoms with E-state index < -0.39 is 0 Å². The number of H-pyrrole nitrogens is 1. The van der Waals surface area contributed by atoms with E-state index in [9.17, 15) is 0 Å². The van der Waals surface area contributed by atoms with Gasteiger partial charge in [-0.3, -0.25) is 5.10 Å². The van der Waals surface area contributed by atoms with Gasteiger partial charge >= 0.3 is 0 Å². The van der Waals surface area contributed by atoms with Crippen molar-refractivity contribution in [2.45, 2.75) is 0 Å². The van der Waals surface area contributed by atoms with Crippen LogP contribution in [0.1, 0.15) is 0 Å². The Kier molecular flexibility index (Phi) is 2.60. The van der Waals surface area contributed by atoms with Crippen LogP contribution < -0.4 is 19.5 Å². The van der Waals surface area contributed by atoms with Crippen LogP contribution in [0.5, 0.6) is 17.2 Å². The summed E-state index contributed by atoms with van der Waals surface area (Å²) in [6, 6.07) is 11.4. The van der Waals surface area contributed by atoms with Crippen LogP contribution in [0, 0.1) is 0 Å². The van der Waals surface area contributed by atoms with Crippen molar-refractivity contribution in [1.82, 2.24) is 19.6 Å². The number of anilines is 2. The van der Waals surface area contributed by atoms with Gasteiger partial charge in [0, 0.05) is 23.9 Å². The molecule has 0 spiro atoms. The molecule has 2 aromatic carbocycles. The SMILES string of the molecule is COc1cccc(Nc2nc3nc4cc5c(cc4n3[nH]2)OCO5)c1. The van der Waals surface area contributed by atoms with Crippen molar-refractivity contribution in [2.75, 3.05) is 19.2 Å². The van der Waals surface area contributed by atoms with Crippen LogP contribution in [-0.4, -0.2) is 33.5 Å². The topological polar surface area (TPSA) is 85.7 Å². The molecule has 1 aliphatic heterocycles. The number of nitrogens with one attached hydrogen (secondary N) is 2. The van der Waals surface area contributed by atoms with Crippen LogP contribution in [0.3, 0.4) is 0 Å². The first-order chi connectivity index (χ1) is 11.8. The van der Waals surface area contributed by atoms with Crippen LogP contribution in [0.2, 0.25) is 0 Å². The zero-order chi connectivity index (χ0) is 16.1. The van der Waals surface area contributed by atoms with Crippen LogP contribution in [0.25, 0.3) is 16.8 Å². The van der Waals surface area contributed by atoms with E-state index in [0.717, 1.165) is 22.5 Å². The van der Waals surface area contributed by atoms with Gasteiger partial charge in [0.05, 0.1) is 18.1 Å². The second-order valence-electron chi connectivity index (χ2n) is 5.37. The number of aromatic nitrogens is 4. The molecule has 2 aromatic heterocycles. The number of rotatable bonds is 3. The average Bonchev–Trinajstić information content (AvgIpc) is 3.27. The Hall–Kier alpha value is -3.42. The predicted molar refractivity (Wildman–Crippen MR) is 87.2 cm³/mol. The molecule has 0 fully saturated rings. The highest BCUT2D eigenvalue weighted by Crippen LogP contribution is 2.36. The number of aromatic amines is 1. The predicted octanol–water partition coefficient (Wildman–Crippen LogP) is 2.69. The summed E-state index contributed by atoms with van der Waals surface area (Å²) in [5, 5.41) is 6.40. The fourth-order valence-corrected chi connectivity index (χ4v) is 2.76. The van der Waals surface area contributed by atoms with Gasteiger partial charge in [0.1, 0.15) is 5.75 Å². The minimum Gasteiger partial charge on any atom is -0.497 e. The number of methoxy groups -OCH3 is 1. The van der Waals surface area contributed by atoms with Crippen molar-refractivity contribution >= 4 is 28.4 Å². The molecule has 2 N–H and O–H groups in total. The lowest BCUT2D eigenvalue weighted by Gasteiger charge is -2.04. The van der Waals surface area contributed by atoms with E-state index in [0.29, 0.717) is 23.2 Å². The third-order valence-electron chi connectivity index (χ3n) is 3.89. The Morgan fingerprint density at radius 2 is 2.04 bits per heavy atom. The summed E-state index contributed by atoms with van der Waals surface area (Å²) in [6.45, 7) is 0.237. The average molecular weight is 323 g/mol. The normalized spacial score (nSPS) is 12.9. The molecule has 8 heteroatoms. The number of ether oxygens (including phenoxy) is 3. The van der Waals surface area contributed by atoms with Crippen molar-refractivity contribution in [3.05, 3.63) is 36.4 Å². The van der Waals surface area contributed by atoms with Gasteiger partial charge in [-0.05, 0) is 12.1 Å². The summed E-state index contributed by atoms with van der Waals surface area (Å²) < 4.78 is 17.8. The van der Waals surface area contributed by atoms with E-state index in [2.05, 4.69) is 20.4 Å². The molecule has 1 aliphatic rings. The zero-order valence-electron chi connectivity index (χ0n) is 12.7. The van der Waals surface area contributed by atoms with Gasteiger partial charge in [0.25, 0.3) is 5.78 Å². The summed E-state index contributed by atoms with van der Waals surface area (Å²) in [5.74, 6) is 3.35. The Morgan fingerprint density at radius 3 is 2.92 bits per heavy atom. The number of benzene rings is 2. The van der Waals surface area contributed by atoms with Crippen LogP contribution in [-0.2, 0) is 0 Å². The maximum atomic E-state index is 5.43. The van der Waals surface area contributed by atoms with Crippen molar-refractivity contribution < 1.29 is 14.2 Å². The van der Waals surface area contributed by atoms with Gasteiger partial charge in [-0.25, -0.2) is 9.50 Å². The molecule has 5 rings (SSSR count). The van der Waals surface area contributed by atoms with Gasteiger partial charge in [0.2, 0.25) is 12.7 Å². The van der Waals surface area contributed by atoms with Gasteiger partial charge in [-0.2, -0.15) is 4.98 Å². The van der Waals surface area contributed by atoms with Gasteiger partial charge in [0.15, 0.2) is 11.5 Å². The number of hydrogen-bond donors (Lipinski definition) is 2. The lowest BCUT2D eigenvalue weighted by atomic mass is 10.3. The van der Waals surface area contributed by atoms with E-state index in [1.54, 1.807) is 11.6 Å². The summed E-state index contributed by atoms with van der Waals surface area (Å²) in [4.78, 5) is 8.98. The first-order valence-electron chi connectivity index (χ1n) is 7.39. The van der Waals surface area contributed by atoms with Crippen molar-refractivity contribution in [1.29, 1.82) is 0 Å². The van der Waals surface area contributed by atoms with Gasteiger partial charge in [-0.1, -0.05) is 6.07 Å². The molecule has 8 nitrogen and oxygen atoms in total. The van der Waals surface area contributed by atoms with Gasteiger partial charge < -0.3 is 19.5 Å². The Bertz CT molecular complexity index is 1070. The molecular weight excluding hydrogens is 310 g/mol. The molecule has 0 aliphatic carbocycles. The molecule has 0 radical (unpaired) electrons. The van der Waals surface area contributed by atoms with Crippen molar-refractivity contribution in [2.24, 2.45) is 0 Å². The highest BCUT2D eigenvalue weighted by atomic mass is 16.7. The third-order valence-corrected chi connectivity index (χ3v) is 3.89. The lowest BCUT2D eigenvalue weighted by Crippen LogP contribution is -1.94. The largest absolute Gasteiger partial charge is 0.497 e. The van der Waals surface area contributed by atoms with E-state index in [-0.39, 0.29) is 6.79 Å². The first kappa shape index (κ1) is 13.1.